The quantitative estimate of drug-likeness (QED) is 0.905. The van der Waals surface area contributed by atoms with Gasteiger partial charge in [0, 0.05) is 19.1 Å². The van der Waals surface area contributed by atoms with Gasteiger partial charge in [0.15, 0.2) is 0 Å². The number of nitrogens with one attached hydrogen (secondary N) is 1. The van der Waals surface area contributed by atoms with Crippen LogP contribution >= 0.6 is 0 Å². The molecule has 1 N–H and O–H groups in total. The average Bonchev–Trinajstić information content (AvgIpc) is 2.45. The van der Waals surface area contributed by atoms with Crippen LogP contribution in [0.5, 0.6) is 0 Å². The summed E-state index contributed by atoms with van der Waals surface area (Å²) in [5.74, 6) is 0.150. The molecule has 0 aliphatic carbocycles. The molecule has 6 nitrogen and oxygen atoms in total. The van der Waals surface area contributed by atoms with E-state index in [4.69, 9.17) is 4.74 Å². The molecule has 24 heavy (non-hydrogen) atoms. The first-order valence-electron chi connectivity index (χ1n) is 8.12. The highest BCUT2D eigenvalue weighted by molar-refractivity contribution is 7.89. The number of piperidine rings is 1. The first-order valence-corrected chi connectivity index (χ1v) is 9.56. The third-order valence-electron chi connectivity index (χ3n) is 3.73. The second-order valence-electron chi connectivity index (χ2n) is 7.32. The SMILES string of the molecule is C[C@H]1C[C@@H](NC(=O)OC(C)(C)C)CN(S(=O)(=O)c2ccccc2)C1. The van der Waals surface area contributed by atoms with Gasteiger partial charge in [0.1, 0.15) is 5.60 Å². The summed E-state index contributed by atoms with van der Waals surface area (Å²) in [4.78, 5) is 12.2. The first-order chi connectivity index (χ1) is 11.1. The lowest BCUT2D eigenvalue weighted by Crippen LogP contribution is -2.52. The second kappa shape index (κ2) is 7.11. The Labute approximate surface area is 144 Å². The molecule has 0 unspecified atom stereocenters. The Bertz CT molecular complexity index is 668. The van der Waals surface area contributed by atoms with E-state index in [-0.39, 0.29) is 23.4 Å². The van der Waals surface area contributed by atoms with Crippen LogP contribution in [-0.2, 0) is 14.8 Å². The maximum atomic E-state index is 12.8. The van der Waals surface area contributed by atoms with Crippen molar-refractivity contribution in [2.24, 2.45) is 5.92 Å². The molecule has 7 heteroatoms. The van der Waals surface area contributed by atoms with Crippen LogP contribution in [0.3, 0.4) is 0 Å². The zero-order chi connectivity index (χ0) is 18.0. The number of rotatable bonds is 3. The van der Waals surface area contributed by atoms with Gasteiger partial charge in [0.2, 0.25) is 10.0 Å². The Morgan fingerprint density at radius 3 is 2.42 bits per heavy atom. The smallest absolute Gasteiger partial charge is 0.407 e. The van der Waals surface area contributed by atoms with Crippen LogP contribution in [0, 0.1) is 5.92 Å². The highest BCUT2D eigenvalue weighted by atomic mass is 32.2. The van der Waals surface area contributed by atoms with Gasteiger partial charge in [-0.2, -0.15) is 4.31 Å². The lowest BCUT2D eigenvalue weighted by atomic mass is 9.98. The van der Waals surface area contributed by atoms with Gasteiger partial charge in [0.05, 0.1) is 4.90 Å². The largest absolute Gasteiger partial charge is 0.444 e. The van der Waals surface area contributed by atoms with Crippen LogP contribution in [0.1, 0.15) is 34.1 Å². The van der Waals surface area contributed by atoms with E-state index in [1.54, 1.807) is 51.1 Å². The number of hydrogen-bond acceptors (Lipinski definition) is 4. The lowest BCUT2D eigenvalue weighted by Gasteiger charge is -2.36. The summed E-state index contributed by atoms with van der Waals surface area (Å²) in [5, 5.41) is 2.79. The van der Waals surface area contributed by atoms with Crippen molar-refractivity contribution in [2.75, 3.05) is 13.1 Å². The highest BCUT2D eigenvalue weighted by Crippen LogP contribution is 2.24. The Morgan fingerprint density at radius 2 is 1.83 bits per heavy atom. The van der Waals surface area contributed by atoms with Gasteiger partial charge in [-0.1, -0.05) is 25.1 Å². The number of carbonyl (C=O) groups is 1. The van der Waals surface area contributed by atoms with Gasteiger partial charge in [-0.25, -0.2) is 13.2 Å². The van der Waals surface area contributed by atoms with Crippen LogP contribution in [0.15, 0.2) is 35.2 Å². The molecule has 2 rings (SSSR count). The predicted octanol–water partition coefficient (Wildman–Crippen LogP) is 2.61. The van der Waals surface area contributed by atoms with Gasteiger partial charge in [-0.15, -0.1) is 0 Å². The van der Waals surface area contributed by atoms with Crippen LogP contribution in [0.2, 0.25) is 0 Å². The number of alkyl carbamates (subject to hydrolysis) is 1. The zero-order valence-corrected chi connectivity index (χ0v) is 15.5. The fraction of sp³-hybridized carbons (Fsp3) is 0.588. The number of nitrogens with zero attached hydrogens (tertiary/aromatic N) is 1. The minimum Gasteiger partial charge on any atom is -0.444 e. The molecule has 1 amide bonds. The summed E-state index contributed by atoms with van der Waals surface area (Å²) in [5.41, 5.74) is -0.583. The molecule has 1 aromatic rings. The van der Waals surface area contributed by atoms with E-state index in [0.29, 0.717) is 6.54 Å². The van der Waals surface area contributed by atoms with Gasteiger partial charge in [-0.05, 0) is 45.2 Å². The van der Waals surface area contributed by atoms with E-state index in [9.17, 15) is 13.2 Å². The number of ether oxygens (including phenoxy) is 1. The molecule has 1 heterocycles. The molecule has 0 saturated carbocycles. The number of sulfonamides is 1. The lowest BCUT2D eigenvalue weighted by molar-refractivity contribution is 0.0477. The fourth-order valence-electron chi connectivity index (χ4n) is 2.82. The van der Waals surface area contributed by atoms with E-state index >= 15 is 0 Å². The molecule has 2 atom stereocenters. The molecule has 0 bridgehead atoms. The molecule has 1 aliphatic heterocycles. The Hall–Kier alpha value is -1.60. The Kier molecular flexibility index (Phi) is 5.55. The molecular weight excluding hydrogens is 328 g/mol. The van der Waals surface area contributed by atoms with Gasteiger partial charge in [0.25, 0.3) is 0 Å². The highest BCUT2D eigenvalue weighted by Gasteiger charge is 2.34. The van der Waals surface area contributed by atoms with Gasteiger partial charge >= 0.3 is 6.09 Å². The van der Waals surface area contributed by atoms with E-state index < -0.39 is 21.7 Å². The summed E-state index contributed by atoms with van der Waals surface area (Å²) in [7, 11) is -3.56. The monoisotopic (exact) mass is 354 g/mol. The van der Waals surface area contributed by atoms with Gasteiger partial charge < -0.3 is 10.1 Å². The van der Waals surface area contributed by atoms with Crippen molar-refractivity contribution in [3.05, 3.63) is 30.3 Å². The fourth-order valence-corrected chi connectivity index (χ4v) is 4.45. The average molecular weight is 354 g/mol. The molecule has 1 fully saturated rings. The third-order valence-corrected chi connectivity index (χ3v) is 5.57. The minimum absolute atomic E-state index is 0.150. The molecule has 134 valence electrons. The zero-order valence-electron chi connectivity index (χ0n) is 14.7. The van der Waals surface area contributed by atoms with E-state index in [2.05, 4.69) is 5.32 Å². The third kappa shape index (κ3) is 4.95. The second-order valence-corrected chi connectivity index (χ2v) is 9.26. The Morgan fingerprint density at radius 1 is 1.21 bits per heavy atom. The summed E-state index contributed by atoms with van der Waals surface area (Å²) < 4.78 is 32.3. The standard InChI is InChI=1S/C17H26N2O4S/c1-13-10-14(18-16(20)23-17(2,3)4)12-19(11-13)24(21,22)15-8-6-5-7-9-15/h5-9,13-14H,10-12H2,1-4H3,(H,18,20)/t13-,14+/m0/s1. The number of benzene rings is 1. The van der Waals surface area contributed by atoms with Crippen molar-refractivity contribution in [3.8, 4) is 0 Å². The van der Waals surface area contributed by atoms with E-state index in [1.165, 1.54) is 4.31 Å². The van der Waals surface area contributed by atoms with Crippen LogP contribution in [0.4, 0.5) is 4.79 Å². The molecule has 1 saturated heterocycles. The van der Waals surface area contributed by atoms with Gasteiger partial charge in [-0.3, -0.25) is 0 Å². The topological polar surface area (TPSA) is 75.7 Å². The summed E-state index contributed by atoms with van der Waals surface area (Å²) in [6.45, 7) is 8.06. The van der Waals surface area contributed by atoms with Crippen molar-refractivity contribution in [1.82, 2.24) is 9.62 Å². The number of hydrogen-bond donors (Lipinski definition) is 1. The number of amides is 1. The molecular formula is C17H26N2O4S. The summed E-state index contributed by atoms with van der Waals surface area (Å²) >= 11 is 0. The van der Waals surface area contributed by atoms with E-state index in [0.717, 1.165) is 6.42 Å². The molecule has 0 aromatic heterocycles. The number of carbonyl (C=O) groups excluding carboxylic acids is 1. The molecule has 1 aromatic carbocycles. The molecule has 1 aliphatic rings. The maximum absolute atomic E-state index is 12.8. The van der Waals surface area contributed by atoms with Crippen molar-refractivity contribution in [3.63, 3.8) is 0 Å². The van der Waals surface area contributed by atoms with Crippen LogP contribution in [-0.4, -0.2) is 43.5 Å². The van der Waals surface area contributed by atoms with Crippen LogP contribution in [0.25, 0.3) is 0 Å². The minimum atomic E-state index is -3.56. The van der Waals surface area contributed by atoms with Crippen molar-refractivity contribution in [1.29, 1.82) is 0 Å². The van der Waals surface area contributed by atoms with Crippen molar-refractivity contribution >= 4 is 16.1 Å². The normalized spacial score (nSPS) is 22.8. The van der Waals surface area contributed by atoms with Crippen LogP contribution < -0.4 is 5.32 Å². The molecule has 0 spiro atoms. The van der Waals surface area contributed by atoms with E-state index in [1.807, 2.05) is 6.92 Å². The first kappa shape index (κ1) is 18.7. The summed E-state index contributed by atoms with van der Waals surface area (Å²) in [6.07, 6.45) is 0.207. The molecule has 0 radical (unpaired) electrons. The van der Waals surface area contributed by atoms with Crippen molar-refractivity contribution < 1.29 is 17.9 Å². The Balaban J connectivity index is 2.09. The maximum Gasteiger partial charge on any atom is 0.407 e. The summed E-state index contributed by atoms with van der Waals surface area (Å²) in [6, 6.07) is 8.11. The van der Waals surface area contributed by atoms with Crippen molar-refractivity contribution in [2.45, 2.75) is 50.7 Å². The predicted molar refractivity (Wildman–Crippen MR) is 92.1 cm³/mol.